The quantitative estimate of drug-likeness (QED) is 0.317. The molecule has 9 heteroatoms. The Labute approximate surface area is 174 Å². The normalized spacial score (nSPS) is 20.6. The van der Waals surface area contributed by atoms with Crippen LogP contribution < -0.4 is 15.4 Å². The second-order valence-electron chi connectivity index (χ2n) is 6.36. The fourth-order valence-corrected chi connectivity index (χ4v) is 2.83. The van der Waals surface area contributed by atoms with E-state index in [9.17, 15) is 18.3 Å². The molecular formula is C18H27F3IN3O2. The van der Waals surface area contributed by atoms with E-state index in [1.54, 1.807) is 18.2 Å². The summed E-state index contributed by atoms with van der Waals surface area (Å²) in [6.45, 7) is 1.50. The highest BCUT2D eigenvalue weighted by molar-refractivity contribution is 14.0. The first kappa shape index (κ1) is 23.8. The predicted molar refractivity (Wildman–Crippen MR) is 110 cm³/mol. The summed E-state index contributed by atoms with van der Waals surface area (Å²) in [5.41, 5.74) is 0.591. The summed E-state index contributed by atoms with van der Waals surface area (Å²) in [6.07, 6.45) is -1.38. The van der Waals surface area contributed by atoms with E-state index in [2.05, 4.69) is 15.6 Å². The zero-order valence-corrected chi connectivity index (χ0v) is 17.6. The van der Waals surface area contributed by atoms with E-state index in [0.29, 0.717) is 18.1 Å². The number of halogens is 4. The van der Waals surface area contributed by atoms with Crippen molar-refractivity contribution < 1.29 is 23.0 Å². The van der Waals surface area contributed by atoms with Crippen molar-refractivity contribution in [1.29, 1.82) is 0 Å². The molecule has 27 heavy (non-hydrogen) atoms. The number of guanidine groups is 1. The van der Waals surface area contributed by atoms with Crippen LogP contribution in [0.25, 0.3) is 0 Å². The van der Waals surface area contributed by atoms with Gasteiger partial charge in [-0.1, -0.05) is 18.2 Å². The zero-order chi connectivity index (χ0) is 19.0. The van der Waals surface area contributed by atoms with Gasteiger partial charge in [-0.3, -0.25) is 0 Å². The van der Waals surface area contributed by atoms with Crippen LogP contribution in [0.1, 0.15) is 38.2 Å². The summed E-state index contributed by atoms with van der Waals surface area (Å²) in [4.78, 5) is 4.47. The lowest BCUT2D eigenvalue weighted by atomic mass is 9.93. The highest BCUT2D eigenvalue weighted by Crippen LogP contribution is 2.23. The van der Waals surface area contributed by atoms with Crippen LogP contribution in [0.2, 0.25) is 0 Å². The van der Waals surface area contributed by atoms with Gasteiger partial charge in [0, 0.05) is 18.2 Å². The van der Waals surface area contributed by atoms with Gasteiger partial charge >= 0.3 is 6.18 Å². The van der Waals surface area contributed by atoms with Crippen LogP contribution in [0.15, 0.2) is 29.3 Å². The van der Waals surface area contributed by atoms with E-state index in [-0.39, 0.29) is 48.4 Å². The smallest absolute Gasteiger partial charge is 0.422 e. The molecule has 0 radical (unpaired) electrons. The molecule has 0 spiro atoms. The van der Waals surface area contributed by atoms with Gasteiger partial charge in [0.2, 0.25) is 0 Å². The van der Waals surface area contributed by atoms with E-state index >= 15 is 0 Å². The van der Waals surface area contributed by atoms with Gasteiger partial charge in [0.05, 0.1) is 12.6 Å². The molecule has 5 nitrogen and oxygen atoms in total. The molecule has 1 aromatic carbocycles. The Bertz CT molecular complexity index is 591. The minimum absolute atomic E-state index is 0. The predicted octanol–water partition coefficient (Wildman–Crippen LogP) is 3.60. The van der Waals surface area contributed by atoms with Crippen molar-refractivity contribution in [2.75, 3.05) is 13.2 Å². The standard InChI is InChI=1S/C18H26F3N3O2.HI/c1-2-22-17(24-14-7-9-15(25)10-8-14)23-11-13-5-3-4-6-16(13)26-12-18(19,20)21;/h3-6,14-15,25H,2,7-12H2,1H3,(H2,22,23,24);1H. The molecule has 3 N–H and O–H groups in total. The number of aliphatic hydroxyl groups is 1. The molecule has 1 aliphatic carbocycles. The lowest BCUT2D eigenvalue weighted by molar-refractivity contribution is -0.153. The Morgan fingerprint density at radius 2 is 1.89 bits per heavy atom. The van der Waals surface area contributed by atoms with Gasteiger partial charge in [-0.15, -0.1) is 24.0 Å². The molecule has 0 aliphatic heterocycles. The Balaban J connectivity index is 0.00000364. The van der Waals surface area contributed by atoms with E-state index in [1.165, 1.54) is 6.07 Å². The van der Waals surface area contributed by atoms with Crippen molar-refractivity contribution in [3.63, 3.8) is 0 Å². The van der Waals surface area contributed by atoms with E-state index in [1.807, 2.05) is 6.92 Å². The second kappa shape index (κ2) is 11.6. The van der Waals surface area contributed by atoms with Crippen molar-refractivity contribution in [1.82, 2.24) is 10.6 Å². The van der Waals surface area contributed by atoms with Gasteiger partial charge < -0.3 is 20.5 Å². The van der Waals surface area contributed by atoms with Crippen molar-refractivity contribution in [3.8, 4) is 5.75 Å². The summed E-state index contributed by atoms with van der Waals surface area (Å²) < 4.78 is 42.0. The number of hydrogen-bond donors (Lipinski definition) is 3. The van der Waals surface area contributed by atoms with E-state index in [4.69, 9.17) is 4.74 Å². The van der Waals surface area contributed by atoms with Crippen LogP contribution in [0.3, 0.4) is 0 Å². The minimum Gasteiger partial charge on any atom is -0.484 e. The number of benzene rings is 1. The van der Waals surface area contributed by atoms with Gasteiger partial charge in [0.1, 0.15) is 5.75 Å². The third-order valence-electron chi connectivity index (χ3n) is 4.15. The van der Waals surface area contributed by atoms with Gasteiger partial charge in [-0.25, -0.2) is 4.99 Å². The first-order valence-corrected chi connectivity index (χ1v) is 8.87. The van der Waals surface area contributed by atoms with Crippen LogP contribution in [0, 0.1) is 0 Å². The molecule has 1 saturated carbocycles. The highest BCUT2D eigenvalue weighted by atomic mass is 127. The first-order chi connectivity index (χ1) is 12.4. The summed E-state index contributed by atoms with van der Waals surface area (Å²) in [6, 6.07) is 6.83. The third kappa shape index (κ3) is 9.00. The average Bonchev–Trinajstić information content (AvgIpc) is 2.60. The van der Waals surface area contributed by atoms with E-state index < -0.39 is 12.8 Å². The molecule has 1 aromatic rings. The number of aliphatic imine (C=N–C) groups is 1. The van der Waals surface area contributed by atoms with Gasteiger partial charge in [0.25, 0.3) is 0 Å². The Kier molecular flexibility index (Phi) is 10.2. The molecule has 0 amide bonds. The zero-order valence-electron chi connectivity index (χ0n) is 15.3. The second-order valence-corrected chi connectivity index (χ2v) is 6.36. The van der Waals surface area contributed by atoms with Crippen molar-refractivity contribution in [2.24, 2.45) is 4.99 Å². The van der Waals surface area contributed by atoms with Gasteiger partial charge in [-0.05, 0) is 38.7 Å². The van der Waals surface area contributed by atoms with E-state index in [0.717, 1.165) is 25.7 Å². The summed E-state index contributed by atoms with van der Waals surface area (Å²) in [5, 5.41) is 16.1. The van der Waals surface area contributed by atoms with Crippen molar-refractivity contribution in [3.05, 3.63) is 29.8 Å². The molecule has 1 aliphatic rings. The number of para-hydroxylation sites is 1. The van der Waals surface area contributed by atoms with Crippen LogP contribution in [0.5, 0.6) is 5.75 Å². The number of rotatable bonds is 6. The highest BCUT2D eigenvalue weighted by Gasteiger charge is 2.28. The molecule has 1 fully saturated rings. The SMILES string of the molecule is CCNC(=NCc1ccccc1OCC(F)(F)F)NC1CCC(O)CC1.I. The number of hydrogen-bond acceptors (Lipinski definition) is 3. The maximum atomic E-state index is 12.4. The summed E-state index contributed by atoms with van der Waals surface area (Å²) in [7, 11) is 0. The maximum absolute atomic E-state index is 12.4. The minimum atomic E-state index is -4.38. The Morgan fingerprint density at radius 1 is 1.22 bits per heavy atom. The molecule has 0 aromatic heterocycles. The summed E-state index contributed by atoms with van der Waals surface area (Å²) >= 11 is 0. The lowest BCUT2D eigenvalue weighted by Crippen LogP contribution is -2.45. The van der Waals surface area contributed by atoms with Gasteiger partial charge in [0.15, 0.2) is 12.6 Å². The molecule has 0 heterocycles. The van der Waals surface area contributed by atoms with Crippen LogP contribution >= 0.6 is 24.0 Å². The molecule has 0 saturated heterocycles. The number of alkyl halides is 3. The molecule has 0 unspecified atom stereocenters. The molecule has 2 rings (SSSR count). The van der Waals surface area contributed by atoms with Crippen molar-refractivity contribution >= 4 is 29.9 Å². The summed E-state index contributed by atoms with van der Waals surface area (Å²) in [5.74, 6) is 0.796. The Morgan fingerprint density at radius 3 is 2.52 bits per heavy atom. The fourth-order valence-electron chi connectivity index (χ4n) is 2.83. The first-order valence-electron chi connectivity index (χ1n) is 8.87. The lowest BCUT2D eigenvalue weighted by Gasteiger charge is -2.27. The molecular weight excluding hydrogens is 474 g/mol. The number of nitrogens with zero attached hydrogens (tertiary/aromatic N) is 1. The number of aliphatic hydroxyl groups excluding tert-OH is 1. The number of nitrogens with one attached hydrogen (secondary N) is 2. The largest absolute Gasteiger partial charge is 0.484 e. The molecule has 0 bridgehead atoms. The van der Waals surface area contributed by atoms with Gasteiger partial charge in [-0.2, -0.15) is 13.2 Å². The van der Waals surface area contributed by atoms with Crippen molar-refractivity contribution in [2.45, 2.75) is 57.5 Å². The average molecular weight is 501 g/mol. The number of ether oxygens (including phenoxy) is 1. The molecule has 0 atom stereocenters. The fraction of sp³-hybridized carbons (Fsp3) is 0.611. The third-order valence-corrected chi connectivity index (χ3v) is 4.15. The topological polar surface area (TPSA) is 65.9 Å². The Hall–Kier alpha value is -1.23. The monoisotopic (exact) mass is 501 g/mol. The maximum Gasteiger partial charge on any atom is 0.422 e. The molecule has 154 valence electrons. The van der Waals surface area contributed by atoms with Crippen LogP contribution in [-0.2, 0) is 6.54 Å². The van der Waals surface area contributed by atoms with Crippen LogP contribution in [-0.4, -0.2) is 42.5 Å². The van der Waals surface area contributed by atoms with Crippen LogP contribution in [0.4, 0.5) is 13.2 Å².